The fourth-order valence-corrected chi connectivity index (χ4v) is 3.29. The molecule has 0 saturated carbocycles. The Bertz CT molecular complexity index is 940. The van der Waals surface area contributed by atoms with Crippen LogP contribution in [-0.4, -0.2) is 63.3 Å². The molecule has 31 heavy (non-hydrogen) atoms. The lowest BCUT2D eigenvalue weighted by Gasteiger charge is -2.36. The summed E-state index contributed by atoms with van der Waals surface area (Å²) in [6, 6.07) is 11.8. The molecule has 0 aliphatic carbocycles. The summed E-state index contributed by atoms with van der Waals surface area (Å²) in [7, 11) is 2.98. The number of nitrogens with one attached hydrogen (secondary N) is 1. The van der Waals surface area contributed by atoms with Crippen molar-refractivity contribution in [2.45, 2.75) is 6.18 Å². The number of benzene rings is 2. The summed E-state index contributed by atoms with van der Waals surface area (Å²) >= 11 is 0. The molecule has 0 radical (unpaired) electrons. The first kappa shape index (κ1) is 22.3. The third kappa shape index (κ3) is 5.19. The molecule has 3 rings (SSSR count). The zero-order chi connectivity index (χ0) is 22.6. The van der Waals surface area contributed by atoms with Crippen LogP contribution in [0, 0.1) is 0 Å². The molecule has 0 spiro atoms. The molecule has 7 nitrogen and oxygen atoms in total. The molecule has 2 amide bonds. The maximum Gasteiger partial charge on any atom is 0.471 e. The van der Waals surface area contributed by atoms with E-state index in [1.807, 2.05) is 4.90 Å². The minimum atomic E-state index is -4.85. The Hall–Kier alpha value is -3.43. The highest BCUT2D eigenvalue weighted by molar-refractivity contribution is 6.06. The Labute approximate surface area is 177 Å². The van der Waals surface area contributed by atoms with Crippen molar-refractivity contribution in [3.05, 3.63) is 48.0 Å². The van der Waals surface area contributed by atoms with Crippen LogP contribution >= 0.6 is 0 Å². The average molecular weight is 437 g/mol. The van der Waals surface area contributed by atoms with Gasteiger partial charge in [0.1, 0.15) is 11.5 Å². The number of ether oxygens (including phenoxy) is 2. The second-order valence-corrected chi connectivity index (χ2v) is 6.84. The third-order valence-corrected chi connectivity index (χ3v) is 4.95. The lowest BCUT2D eigenvalue weighted by atomic mass is 10.1. The van der Waals surface area contributed by atoms with Crippen LogP contribution in [0.2, 0.25) is 0 Å². The molecule has 166 valence electrons. The molecule has 0 atom stereocenters. The van der Waals surface area contributed by atoms with Crippen molar-refractivity contribution < 1.29 is 32.2 Å². The molecule has 1 aliphatic heterocycles. The largest absolute Gasteiger partial charge is 0.497 e. The van der Waals surface area contributed by atoms with Crippen molar-refractivity contribution in [3.63, 3.8) is 0 Å². The quantitative estimate of drug-likeness (QED) is 0.778. The maximum atomic E-state index is 12.6. The van der Waals surface area contributed by atoms with Crippen LogP contribution in [0.1, 0.15) is 10.4 Å². The fraction of sp³-hybridized carbons (Fsp3) is 0.333. The molecule has 2 aromatic carbocycles. The van der Waals surface area contributed by atoms with Crippen LogP contribution in [0.25, 0.3) is 0 Å². The van der Waals surface area contributed by atoms with Crippen molar-refractivity contribution in [3.8, 4) is 11.5 Å². The standard InChI is InChI=1S/C21H22F3N3O4/c1-30-16-7-8-17(18(13-16)31-2)19(28)25-14-3-5-15(6-4-14)26-9-11-27(12-10-26)20(29)21(22,23)24/h3-8,13H,9-12H2,1-2H3,(H,25,28). The van der Waals surface area contributed by atoms with Crippen LogP contribution in [0.4, 0.5) is 24.5 Å². The van der Waals surface area contributed by atoms with Gasteiger partial charge in [0.15, 0.2) is 0 Å². The van der Waals surface area contributed by atoms with Gasteiger partial charge in [-0.2, -0.15) is 13.2 Å². The van der Waals surface area contributed by atoms with Gasteiger partial charge in [-0.25, -0.2) is 0 Å². The van der Waals surface area contributed by atoms with E-state index in [9.17, 15) is 22.8 Å². The molecule has 1 aliphatic rings. The second-order valence-electron chi connectivity index (χ2n) is 6.84. The van der Waals surface area contributed by atoms with Gasteiger partial charge < -0.3 is 24.6 Å². The first-order chi connectivity index (χ1) is 14.7. The number of hydrogen-bond acceptors (Lipinski definition) is 5. The summed E-state index contributed by atoms with van der Waals surface area (Å²) in [6.07, 6.45) is -4.85. The van der Waals surface area contributed by atoms with Crippen molar-refractivity contribution >= 4 is 23.2 Å². The van der Waals surface area contributed by atoms with Crippen LogP contribution in [0.3, 0.4) is 0 Å². The number of halogens is 3. The molecule has 1 saturated heterocycles. The molecule has 0 bridgehead atoms. The second kappa shape index (κ2) is 9.15. The molecule has 1 N–H and O–H groups in total. The van der Waals surface area contributed by atoms with E-state index in [4.69, 9.17) is 9.47 Å². The zero-order valence-electron chi connectivity index (χ0n) is 17.0. The topological polar surface area (TPSA) is 71.1 Å². The number of methoxy groups -OCH3 is 2. The molecular weight excluding hydrogens is 415 g/mol. The van der Waals surface area contributed by atoms with Crippen molar-refractivity contribution in [2.24, 2.45) is 0 Å². The van der Waals surface area contributed by atoms with E-state index < -0.39 is 12.1 Å². The normalized spacial score (nSPS) is 14.2. The SMILES string of the molecule is COc1ccc(C(=O)Nc2ccc(N3CCN(C(=O)C(F)(F)F)CC3)cc2)c(OC)c1. The highest BCUT2D eigenvalue weighted by atomic mass is 19.4. The van der Waals surface area contributed by atoms with Gasteiger partial charge in [-0.1, -0.05) is 0 Å². The molecule has 2 aromatic rings. The lowest BCUT2D eigenvalue weighted by molar-refractivity contribution is -0.185. The van der Waals surface area contributed by atoms with E-state index in [0.717, 1.165) is 10.6 Å². The van der Waals surface area contributed by atoms with Gasteiger partial charge in [0, 0.05) is 43.6 Å². The Kier molecular flexibility index (Phi) is 6.57. The van der Waals surface area contributed by atoms with Gasteiger partial charge >= 0.3 is 12.1 Å². The van der Waals surface area contributed by atoms with Gasteiger partial charge in [0.2, 0.25) is 0 Å². The zero-order valence-corrected chi connectivity index (χ0v) is 17.0. The Morgan fingerprint density at radius 2 is 1.58 bits per heavy atom. The predicted octanol–water partition coefficient (Wildman–Crippen LogP) is 3.17. The minimum Gasteiger partial charge on any atom is -0.497 e. The summed E-state index contributed by atoms with van der Waals surface area (Å²) < 4.78 is 48.0. The summed E-state index contributed by atoms with van der Waals surface area (Å²) in [5.74, 6) is -1.22. The number of piperazine rings is 1. The van der Waals surface area contributed by atoms with Gasteiger partial charge in [-0.05, 0) is 36.4 Å². The van der Waals surface area contributed by atoms with Crippen LogP contribution in [-0.2, 0) is 4.79 Å². The smallest absolute Gasteiger partial charge is 0.471 e. The van der Waals surface area contributed by atoms with E-state index in [1.165, 1.54) is 14.2 Å². The Morgan fingerprint density at radius 1 is 0.935 bits per heavy atom. The summed E-state index contributed by atoms with van der Waals surface area (Å²) in [5.41, 5.74) is 1.69. The van der Waals surface area contributed by atoms with Gasteiger partial charge in [0.05, 0.1) is 19.8 Å². The number of alkyl halides is 3. The molecule has 0 unspecified atom stereocenters. The highest BCUT2D eigenvalue weighted by Crippen LogP contribution is 2.26. The van der Waals surface area contributed by atoms with Gasteiger partial charge in [-0.3, -0.25) is 9.59 Å². The number of anilines is 2. The predicted molar refractivity (Wildman–Crippen MR) is 109 cm³/mol. The number of carbonyl (C=O) groups excluding carboxylic acids is 2. The number of rotatable bonds is 5. The van der Waals surface area contributed by atoms with Gasteiger partial charge in [-0.15, -0.1) is 0 Å². The fourth-order valence-electron chi connectivity index (χ4n) is 3.29. The third-order valence-electron chi connectivity index (χ3n) is 4.95. The number of amides is 2. The highest BCUT2D eigenvalue weighted by Gasteiger charge is 2.43. The maximum absolute atomic E-state index is 12.6. The van der Waals surface area contributed by atoms with Crippen molar-refractivity contribution in [2.75, 3.05) is 50.6 Å². The van der Waals surface area contributed by atoms with E-state index >= 15 is 0 Å². The number of hydrogen-bond donors (Lipinski definition) is 1. The van der Waals surface area contributed by atoms with E-state index in [2.05, 4.69) is 5.32 Å². The van der Waals surface area contributed by atoms with E-state index in [1.54, 1.807) is 42.5 Å². The number of nitrogens with zero attached hydrogens (tertiary/aromatic N) is 2. The Morgan fingerprint density at radius 3 is 2.13 bits per heavy atom. The van der Waals surface area contributed by atoms with Crippen molar-refractivity contribution in [1.82, 2.24) is 4.90 Å². The lowest BCUT2D eigenvalue weighted by Crippen LogP contribution is -2.52. The van der Waals surface area contributed by atoms with Gasteiger partial charge in [0.25, 0.3) is 5.91 Å². The molecule has 1 heterocycles. The summed E-state index contributed by atoms with van der Waals surface area (Å²) in [5, 5.41) is 2.78. The summed E-state index contributed by atoms with van der Waals surface area (Å²) in [4.78, 5) is 26.6. The minimum absolute atomic E-state index is 0.00586. The van der Waals surface area contributed by atoms with Crippen molar-refractivity contribution in [1.29, 1.82) is 0 Å². The van der Waals surface area contributed by atoms with Crippen LogP contribution < -0.4 is 19.7 Å². The molecule has 1 fully saturated rings. The summed E-state index contributed by atoms with van der Waals surface area (Å²) in [6.45, 7) is 0.565. The average Bonchev–Trinajstić information content (AvgIpc) is 2.78. The molecule has 0 aromatic heterocycles. The molecular formula is C21H22F3N3O4. The molecule has 10 heteroatoms. The first-order valence-corrected chi connectivity index (χ1v) is 9.47. The first-order valence-electron chi connectivity index (χ1n) is 9.47. The van der Waals surface area contributed by atoms with E-state index in [-0.39, 0.29) is 32.1 Å². The number of carbonyl (C=O) groups is 2. The Balaban J connectivity index is 1.61. The van der Waals surface area contributed by atoms with Crippen LogP contribution in [0.5, 0.6) is 11.5 Å². The monoisotopic (exact) mass is 437 g/mol. The van der Waals surface area contributed by atoms with Crippen LogP contribution in [0.15, 0.2) is 42.5 Å². The van der Waals surface area contributed by atoms with E-state index in [0.29, 0.717) is 22.7 Å².